The van der Waals surface area contributed by atoms with E-state index >= 15 is 0 Å². The lowest BCUT2D eigenvalue weighted by atomic mass is 10.0. The van der Waals surface area contributed by atoms with Gasteiger partial charge >= 0.3 is 0 Å². The monoisotopic (exact) mass is 230 g/mol. The molecule has 1 atom stereocenters. The molecule has 0 aromatic rings. The standard InChI is InChI=1S/C13H30N2O/c1-11(2)9-12(10-15(5)6)14-8-7-13(3,4)16/h11-12,14,16H,7-10H2,1-6H3. The van der Waals surface area contributed by atoms with Crippen molar-refractivity contribution in [3.63, 3.8) is 0 Å². The highest BCUT2D eigenvalue weighted by Gasteiger charge is 2.15. The molecule has 0 aliphatic heterocycles. The van der Waals surface area contributed by atoms with Gasteiger partial charge in [0.1, 0.15) is 0 Å². The van der Waals surface area contributed by atoms with Gasteiger partial charge in [0.25, 0.3) is 0 Å². The van der Waals surface area contributed by atoms with Crippen molar-refractivity contribution < 1.29 is 5.11 Å². The molecule has 1 unspecified atom stereocenters. The zero-order valence-electron chi connectivity index (χ0n) is 11.9. The van der Waals surface area contributed by atoms with Gasteiger partial charge in [-0.25, -0.2) is 0 Å². The maximum Gasteiger partial charge on any atom is 0.0603 e. The Bertz CT molecular complexity index is 163. The second-order valence-corrected chi connectivity index (χ2v) is 6.11. The third kappa shape index (κ3) is 10.4. The maximum absolute atomic E-state index is 9.64. The summed E-state index contributed by atoms with van der Waals surface area (Å²) in [6, 6.07) is 0.525. The van der Waals surface area contributed by atoms with Crippen molar-refractivity contribution in [2.75, 3.05) is 27.2 Å². The fraction of sp³-hybridized carbons (Fsp3) is 1.00. The van der Waals surface area contributed by atoms with Gasteiger partial charge in [-0.05, 0) is 53.2 Å². The quantitative estimate of drug-likeness (QED) is 0.666. The first kappa shape index (κ1) is 15.9. The Morgan fingerprint density at radius 3 is 2.19 bits per heavy atom. The van der Waals surface area contributed by atoms with E-state index in [0.29, 0.717) is 12.0 Å². The smallest absolute Gasteiger partial charge is 0.0603 e. The molecule has 0 aromatic heterocycles. The molecule has 3 nitrogen and oxygen atoms in total. The molecular formula is C13H30N2O. The van der Waals surface area contributed by atoms with Gasteiger partial charge in [-0.3, -0.25) is 0 Å². The largest absolute Gasteiger partial charge is 0.390 e. The van der Waals surface area contributed by atoms with E-state index in [-0.39, 0.29) is 0 Å². The van der Waals surface area contributed by atoms with Crippen molar-refractivity contribution in [2.45, 2.75) is 52.2 Å². The second kappa shape index (κ2) is 7.25. The minimum atomic E-state index is -0.562. The third-order valence-electron chi connectivity index (χ3n) is 2.51. The summed E-state index contributed by atoms with van der Waals surface area (Å²) in [7, 11) is 4.20. The summed E-state index contributed by atoms with van der Waals surface area (Å²) in [6.07, 6.45) is 1.99. The molecule has 98 valence electrons. The van der Waals surface area contributed by atoms with Crippen LogP contribution in [0.5, 0.6) is 0 Å². The minimum Gasteiger partial charge on any atom is -0.390 e. The van der Waals surface area contributed by atoms with Gasteiger partial charge in [0, 0.05) is 12.6 Å². The van der Waals surface area contributed by atoms with E-state index in [1.54, 1.807) is 0 Å². The molecule has 16 heavy (non-hydrogen) atoms. The maximum atomic E-state index is 9.64. The van der Waals surface area contributed by atoms with Crippen LogP contribution in [0.3, 0.4) is 0 Å². The lowest BCUT2D eigenvalue weighted by Crippen LogP contribution is -2.41. The van der Waals surface area contributed by atoms with E-state index < -0.39 is 5.60 Å². The fourth-order valence-electron chi connectivity index (χ4n) is 1.81. The van der Waals surface area contributed by atoms with Crippen molar-refractivity contribution >= 4 is 0 Å². The van der Waals surface area contributed by atoms with Crippen molar-refractivity contribution in [3.05, 3.63) is 0 Å². The van der Waals surface area contributed by atoms with Crippen molar-refractivity contribution in [2.24, 2.45) is 5.92 Å². The summed E-state index contributed by atoms with van der Waals surface area (Å²) in [4.78, 5) is 2.21. The first-order chi connectivity index (χ1) is 7.20. The molecule has 0 radical (unpaired) electrons. The van der Waals surface area contributed by atoms with Gasteiger partial charge in [-0.15, -0.1) is 0 Å². The molecule has 0 rings (SSSR count). The molecule has 0 bridgehead atoms. The van der Waals surface area contributed by atoms with Crippen LogP contribution in [0.15, 0.2) is 0 Å². The van der Waals surface area contributed by atoms with Crippen LogP contribution < -0.4 is 5.32 Å². The molecule has 0 fully saturated rings. The molecule has 0 aliphatic rings. The number of hydrogen-bond donors (Lipinski definition) is 2. The number of nitrogens with one attached hydrogen (secondary N) is 1. The van der Waals surface area contributed by atoms with E-state index in [1.807, 2.05) is 13.8 Å². The Morgan fingerprint density at radius 1 is 1.25 bits per heavy atom. The highest BCUT2D eigenvalue weighted by Crippen LogP contribution is 2.08. The van der Waals surface area contributed by atoms with Gasteiger partial charge in [0.2, 0.25) is 0 Å². The van der Waals surface area contributed by atoms with Gasteiger partial charge in [0.05, 0.1) is 5.60 Å². The van der Waals surface area contributed by atoms with Crippen LogP contribution >= 0.6 is 0 Å². The Kier molecular flexibility index (Phi) is 7.20. The summed E-state index contributed by atoms with van der Waals surface area (Å²) in [5.41, 5.74) is -0.562. The molecule has 0 saturated carbocycles. The average Bonchev–Trinajstić information content (AvgIpc) is 1.98. The third-order valence-corrected chi connectivity index (χ3v) is 2.51. The van der Waals surface area contributed by atoms with Gasteiger partial charge in [0.15, 0.2) is 0 Å². The van der Waals surface area contributed by atoms with Crippen LogP contribution in [0.2, 0.25) is 0 Å². The normalized spacial score (nSPS) is 14.8. The first-order valence-electron chi connectivity index (χ1n) is 6.31. The van der Waals surface area contributed by atoms with Crippen molar-refractivity contribution in [1.82, 2.24) is 10.2 Å². The van der Waals surface area contributed by atoms with Gasteiger partial charge < -0.3 is 15.3 Å². The molecule has 0 aromatic carbocycles. The Labute approximate surface area is 101 Å². The van der Waals surface area contributed by atoms with E-state index in [9.17, 15) is 5.11 Å². The minimum absolute atomic E-state index is 0.525. The molecule has 0 saturated heterocycles. The van der Waals surface area contributed by atoms with Gasteiger partial charge in [-0.2, -0.15) is 0 Å². The Hall–Kier alpha value is -0.120. The first-order valence-corrected chi connectivity index (χ1v) is 6.31. The predicted octanol–water partition coefficient (Wildman–Crippen LogP) is 1.71. The Balaban J connectivity index is 3.92. The molecule has 0 heterocycles. The van der Waals surface area contributed by atoms with Crippen LogP contribution in [0.25, 0.3) is 0 Å². The van der Waals surface area contributed by atoms with Gasteiger partial charge in [-0.1, -0.05) is 13.8 Å². The van der Waals surface area contributed by atoms with Crippen LogP contribution in [-0.2, 0) is 0 Å². The fourth-order valence-corrected chi connectivity index (χ4v) is 1.81. The highest BCUT2D eigenvalue weighted by molar-refractivity contribution is 4.74. The summed E-state index contributed by atoms with van der Waals surface area (Å²) >= 11 is 0. The average molecular weight is 230 g/mol. The van der Waals surface area contributed by atoms with E-state index in [1.165, 1.54) is 6.42 Å². The van der Waals surface area contributed by atoms with Crippen LogP contribution in [0.1, 0.15) is 40.5 Å². The van der Waals surface area contributed by atoms with E-state index in [2.05, 4.69) is 38.2 Å². The zero-order valence-corrected chi connectivity index (χ0v) is 11.9. The Morgan fingerprint density at radius 2 is 1.81 bits per heavy atom. The lowest BCUT2D eigenvalue weighted by Gasteiger charge is -2.25. The molecule has 0 amide bonds. The van der Waals surface area contributed by atoms with Crippen LogP contribution in [-0.4, -0.2) is 48.8 Å². The SMILES string of the molecule is CC(C)CC(CN(C)C)NCCC(C)(C)O. The van der Waals surface area contributed by atoms with Crippen LogP contribution in [0.4, 0.5) is 0 Å². The number of rotatable bonds is 8. The molecule has 3 heteroatoms. The second-order valence-electron chi connectivity index (χ2n) is 6.11. The van der Waals surface area contributed by atoms with Crippen molar-refractivity contribution in [1.29, 1.82) is 0 Å². The van der Waals surface area contributed by atoms with E-state index in [0.717, 1.165) is 19.5 Å². The molecule has 0 aliphatic carbocycles. The lowest BCUT2D eigenvalue weighted by molar-refractivity contribution is 0.0697. The van der Waals surface area contributed by atoms with E-state index in [4.69, 9.17) is 0 Å². The predicted molar refractivity (Wildman–Crippen MR) is 70.7 cm³/mol. The van der Waals surface area contributed by atoms with Crippen molar-refractivity contribution in [3.8, 4) is 0 Å². The molecule has 0 spiro atoms. The number of nitrogens with zero attached hydrogens (tertiary/aromatic N) is 1. The van der Waals surface area contributed by atoms with Crippen LogP contribution in [0, 0.1) is 5.92 Å². The molecular weight excluding hydrogens is 200 g/mol. The molecule has 2 N–H and O–H groups in total. The summed E-state index contributed by atoms with van der Waals surface area (Å²) in [6.45, 7) is 10.2. The number of hydrogen-bond acceptors (Lipinski definition) is 3. The zero-order chi connectivity index (χ0) is 12.8. The topological polar surface area (TPSA) is 35.5 Å². The number of aliphatic hydroxyl groups is 1. The summed E-state index contributed by atoms with van der Waals surface area (Å²) in [5, 5.41) is 13.2. The highest BCUT2D eigenvalue weighted by atomic mass is 16.3. The summed E-state index contributed by atoms with van der Waals surface area (Å²) < 4.78 is 0. The summed E-state index contributed by atoms with van der Waals surface area (Å²) in [5.74, 6) is 0.708. The number of likely N-dealkylation sites (N-methyl/N-ethyl adjacent to an activating group) is 1.